The van der Waals surface area contributed by atoms with Crippen LogP contribution in [0.5, 0.6) is 5.88 Å². The van der Waals surface area contributed by atoms with Crippen LogP contribution in [0, 0.1) is 12.8 Å². The summed E-state index contributed by atoms with van der Waals surface area (Å²) in [4.78, 5) is 32.2. The van der Waals surface area contributed by atoms with Crippen molar-refractivity contribution in [2.24, 2.45) is 5.92 Å². The Morgan fingerprint density at radius 3 is 2.52 bits per heavy atom. The molecule has 0 radical (unpaired) electrons. The Bertz CT molecular complexity index is 936. The normalized spacial score (nSPS) is 11.6. The summed E-state index contributed by atoms with van der Waals surface area (Å²) in [6, 6.07) is 4.60. The quantitative estimate of drug-likeness (QED) is 0.568. The number of hydrogen-bond acceptors (Lipinski definition) is 5. The van der Waals surface area contributed by atoms with Crippen molar-refractivity contribution in [1.29, 1.82) is 0 Å². The summed E-state index contributed by atoms with van der Waals surface area (Å²) < 4.78 is 55.1. The fourth-order valence-corrected chi connectivity index (χ4v) is 2.48. The van der Waals surface area contributed by atoms with Gasteiger partial charge in [0.05, 0.1) is 0 Å². The van der Waals surface area contributed by atoms with Crippen molar-refractivity contribution in [3.8, 4) is 5.88 Å². The van der Waals surface area contributed by atoms with Gasteiger partial charge in [0.1, 0.15) is 5.78 Å². The largest absolute Gasteiger partial charge is 0.471 e. The van der Waals surface area contributed by atoms with E-state index in [0.29, 0.717) is 22.4 Å². The standard InChI is InChI=1S/C21H23F4N3O3/c1-12(2)17(29)8-16-7-15(4-5-26-16)18(30)27-9-14-6-13(3)19(28-10-14)31-11-21(24,25)20(22)23/h4-7,10,12,20H,8-9,11H2,1-3H3,(H,27,30). The van der Waals surface area contributed by atoms with Gasteiger partial charge in [0, 0.05) is 48.1 Å². The van der Waals surface area contributed by atoms with Crippen LogP contribution in [-0.2, 0) is 17.8 Å². The first-order valence-corrected chi connectivity index (χ1v) is 9.49. The van der Waals surface area contributed by atoms with Crippen LogP contribution in [0.1, 0.15) is 41.0 Å². The first-order valence-electron chi connectivity index (χ1n) is 9.49. The Hall–Kier alpha value is -3.04. The van der Waals surface area contributed by atoms with Crippen molar-refractivity contribution in [2.45, 2.75) is 46.1 Å². The van der Waals surface area contributed by atoms with E-state index in [9.17, 15) is 27.2 Å². The average Bonchev–Trinajstić information content (AvgIpc) is 2.71. The molecule has 0 spiro atoms. The van der Waals surface area contributed by atoms with Crippen LogP contribution in [0.2, 0.25) is 0 Å². The number of nitrogens with one attached hydrogen (secondary N) is 1. The molecule has 2 aromatic heterocycles. The predicted octanol–water partition coefficient (Wildman–Crippen LogP) is 3.76. The number of rotatable bonds is 10. The van der Waals surface area contributed by atoms with Gasteiger partial charge in [-0.25, -0.2) is 13.8 Å². The molecule has 0 fully saturated rings. The average molecular weight is 441 g/mol. The van der Waals surface area contributed by atoms with Crippen molar-refractivity contribution in [1.82, 2.24) is 15.3 Å². The van der Waals surface area contributed by atoms with E-state index in [1.165, 1.54) is 25.4 Å². The number of pyridine rings is 2. The number of aromatic nitrogens is 2. The number of alkyl halides is 4. The lowest BCUT2D eigenvalue weighted by Gasteiger charge is -2.16. The van der Waals surface area contributed by atoms with Crippen molar-refractivity contribution in [3.05, 3.63) is 53.0 Å². The first kappa shape index (κ1) is 24.2. The van der Waals surface area contributed by atoms with Crippen LogP contribution in [0.15, 0.2) is 30.6 Å². The molecule has 2 aromatic rings. The van der Waals surface area contributed by atoms with Gasteiger partial charge >= 0.3 is 12.3 Å². The Kier molecular flexibility index (Phi) is 8.07. The maximum atomic E-state index is 13.0. The van der Waals surface area contributed by atoms with Gasteiger partial charge in [-0.3, -0.25) is 14.6 Å². The van der Waals surface area contributed by atoms with E-state index in [-0.39, 0.29) is 30.5 Å². The summed E-state index contributed by atoms with van der Waals surface area (Å²) in [6.45, 7) is 3.70. The number of nitrogens with zero attached hydrogens (tertiary/aromatic N) is 2. The second-order valence-electron chi connectivity index (χ2n) is 7.33. The molecule has 10 heteroatoms. The fraction of sp³-hybridized carbons (Fsp3) is 0.429. The van der Waals surface area contributed by atoms with E-state index in [1.807, 2.05) is 0 Å². The molecule has 0 saturated heterocycles. The molecule has 0 aliphatic rings. The van der Waals surface area contributed by atoms with E-state index in [1.54, 1.807) is 26.0 Å². The van der Waals surface area contributed by atoms with Crippen molar-refractivity contribution < 1.29 is 31.9 Å². The molecule has 0 aliphatic heterocycles. The lowest BCUT2D eigenvalue weighted by molar-refractivity contribution is -0.148. The molecule has 0 unspecified atom stereocenters. The molecule has 2 rings (SSSR count). The number of ketones is 1. The van der Waals surface area contributed by atoms with Crippen molar-refractivity contribution in [3.63, 3.8) is 0 Å². The van der Waals surface area contributed by atoms with Crippen LogP contribution in [0.3, 0.4) is 0 Å². The number of Topliss-reactive ketones (excluding diaryl/α,β-unsaturated/α-hetero) is 1. The third-order valence-electron chi connectivity index (χ3n) is 4.34. The summed E-state index contributed by atoms with van der Waals surface area (Å²) in [7, 11) is 0. The van der Waals surface area contributed by atoms with Gasteiger partial charge in [-0.1, -0.05) is 13.8 Å². The molecule has 1 N–H and O–H groups in total. The van der Waals surface area contributed by atoms with E-state index in [2.05, 4.69) is 15.3 Å². The summed E-state index contributed by atoms with van der Waals surface area (Å²) in [5.74, 6) is -4.98. The zero-order valence-electron chi connectivity index (χ0n) is 17.3. The molecule has 0 aromatic carbocycles. The van der Waals surface area contributed by atoms with Crippen LogP contribution < -0.4 is 10.1 Å². The van der Waals surface area contributed by atoms with Gasteiger partial charge in [0.2, 0.25) is 5.88 Å². The van der Waals surface area contributed by atoms with Gasteiger partial charge in [-0.05, 0) is 30.7 Å². The maximum Gasteiger partial charge on any atom is 0.340 e. The summed E-state index contributed by atoms with van der Waals surface area (Å²) in [6.07, 6.45) is -0.958. The van der Waals surface area contributed by atoms with E-state index >= 15 is 0 Å². The third kappa shape index (κ3) is 7.01. The Morgan fingerprint density at radius 1 is 1.19 bits per heavy atom. The van der Waals surface area contributed by atoms with Crippen LogP contribution >= 0.6 is 0 Å². The summed E-state index contributed by atoms with van der Waals surface area (Å²) >= 11 is 0. The van der Waals surface area contributed by atoms with Gasteiger partial charge in [-0.15, -0.1) is 0 Å². The monoisotopic (exact) mass is 441 g/mol. The summed E-state index contributed by atoms with van der Waals surface area (Å²) in [5.41, 5.74) is 1.74. The highest BCUT2D eigenvalue weighted by Crippen LogP contribution is 2.25. The van der Waals surface area contributed by atoms with Gasteiger partial charge in [0.25, 0.3) is 5.91 Å². The molecule has 31 heavy (non-hydrogen) atoms. The molecule has 0 saturated carbocycles. The van der Waals surface area contributed by atoms with Crippen LogP contribution in [0.4, 0.5) is 17.6 Å². The highest BCUT2D eigenvalue weighted by Gasteiger charge is 2.42. The molecule has 6 nitrogen and oxygen atoms in total. The molecule has 1 amide bonds. The number of aryl methyl sites for hydroxylation is 1. The minimum Gasteiger partial charge on any atom is -0.471 e. The number of ether oxygens (including phenoxy) is 1. The molecule has 2 heterocycles. The van der Waals surface area contributed by atoms with E-state index in [4.69, 9.17) is 4.74 Å². The van der Waals surface area contributed by atoms with E-state index in [0.717, 1.165) is 0 Å². The second kappa shape index (κ2) is 10.3. The zero-order chi connectivity index (χ0) is 23.2. The third-order valence-corrected chi connectivity index (χ3v) is 4.34. The molecular formula is C21H23F4N3O3. The van der Waals surface area contributed by atoms with Crippen molar-refractivity contribution >= 4 is 11.7 Å². The number of carbonyl (C=O) groups is 2. The van der Waals surface area contributed by atoms with Gasteiger partial charge < -0.3 is 10.1 Å². The Morgan fingerprint density at radius 2 is 1.90 bits per heavy atom. The zero-order valence-corrected chi connectivity index (χ0v) is 17.3. The number of hydrogen-bond donors (Lipinski definition) is 1. The Labute approximate surface area is 177 Å². The first-order chi connectivity index (χ1) is 14.5. The molecule has 0 atom stereocenters. The van der Waals surface area contributed by atoms with E-state index < -0.39 is 24.9 Å². The topological polar surface area (TPSA) is 81.2 Å². The molecule has 168 valence electrons. The smallest absolute Gasteiger partial charge is 0.340 e. The van der Waals surface area contributed by atoms with Crippen LogP contribution in [-0.4, -0.2) is 40.6 Å². The van der Waals surface area contributed by atoms with Gasteiger partial charge in [0.15, 0.2) is 6.61 Å². The SMILES string of the molecule is Cc1cc(CNC(=O)c2ccnc(CC(=O)C(C)C)c2)cnc1OCC(F)(F)C(F)F. The highest BCUT2D eigenvalue weighted by atomic mass is 19.3. The molecular weight excluding hydrogens is 418 g/mol. The maximum absolute atomic E-state index is 13.0. The van der Waals surface area contributed by atoms with Crippen LogP contribution in [0.25, 0.3) is 0 Å². The Balaban J connectivity index is 1.96. The number of halogens is 4. The minimum absolute atomic E-state index is 0.0141. The fourth-order valence-electron chi connectivity index (χ4n) is 2.48. The second-order valence-corrected chi connectivity index (χ2v) is 7.33. The molecule has 0 bridgehead atoms. The minimum atomic E-state index is -4.27. The number of amides is 1. The van der Waals surface area contributed by atoms with Crippen molar-refractivity contribution in [2.75, 3.05) is 6.61 Å². The number of carbonyl (C=O) groups excluding carboxylic acids is 2. The molecule has 0 aliphatic carbocycles. The highest BCUT2D eigenvalue weighted by molar-refractivity contribution is 5.94. The lowest BCUT2D eigenvalue weighted by atomic mass is 10.0. The lowest BCUT2D eigenvalue weighted by Crippen LogP contribution is -2.34. The summed E-state index contributed by atoms with van der Waals surface area (Å²) in [5, 5.41) is 2.68. The predicted molar refractivity (Wildman–Crippen MR) is 104 cm³/mol. The van der Waals surface area contributed by atoms with Gasteiger partial charge in [-0.2, -0.15) is 8.78 Å².